The van der Waals surface area contributed by atoms with Crippen LogP contribution in [0.3, 0.4) is 0 Å². The Kier molecular flexibility index (Phi) is 7.20. The van der Waals surface area contributed by atoms with E-state index in [4.69, 9.17) is 22.1 Å². The Morgan fingerprint density at radius 3 is 2.51 bits per heavy atom. The Morgan fingerprint density at radius 1 is 1.14 bits per heavy atom. The molecule has 1 aliphatic rings. The van der Waals surface area contributed by atoms with E-state index in [1.165, 1.54) is 30.2 Å². The molecule has 0 saturated heterocycles. The highest BCUT2D eigenvalue weighted by molar-refractivity contribution is 7.91. The molecule has 0 bridgehead atoms. The van der Waals surface area contributed by atoms with Gasteiger partial charge in [0.1, 0.15) is 0 Å². The summed E-state index contributed by atoms with van der Waals surface area (Å²) in [5, 5.41) is 0.538. The zero-order valence-corrected chi connectivity index (χ0v) is 20.6. The van der Waals surface area contributed by atoms with Gasteiger partial charge in [-0.3, -0.25) is 9.59 Å². The number of nitrogens with zero attached hydrogens (tertiary/aromatic N) is 2. The minimum Gasteiger partial charge on any atom is -0.481 e. The summed E-state index contributed by atoms with van der Waals surface area (Å²) in [5.41, 5.74) is 8.02. The second-order valence-corrected chi connectivity index (χ2v) is 10.7. The highest BCUT2D eigenvalue weighted by atomic mass is 35.5. The number of benzene rings is 2. The molecule has 2 N–H and O–H groups in total. The highest BCUT2D eigenvalue weighted by Crippen LogP contribution is 2.33. The van der Waals surface area contributed by atoms with E-state index in [2.05, 4.69) is 4.98 Å². The molecule has 8 nitrogen and oxygen atoms in total. The Morgan fingerprint density at radius 2 is 1.86 bits per heavy atom. The number of ether oxygens (including phenoxy) is 1. The molecule has 182 valence electrons. The molecular weight excluding hydrogens is 490 g/mol. The van der Waals surface area contributed by atoms with Crippen molar-refractivity contribution < 1.29 is 22.7 Å². The zero-order chi connectivity index (χ0) is 25.2. The third kappa shape index (κ3) is 5.53. The number of rotatable bonds is 7. The van der Waals surface area contributed by atoms with Gasteiger partial charge in [-0.05, 0) is 47.9 Å². The number of hydrogen-bond donors (Lipinski definition) is 1. The Labute approximate surface area is 208 Å². The van der Waals surface area contributed by atoms with Crippen molar-refractivity contribution in [1.82, 2.24) is 4.98 Å². The molecule has 1 atom stereocenters. The van der Waals surface area contributed by atoms with Gasteiger partial charge >= 0.3 is 0 Å². The summed E-state index contributed by atoms with van der Waals surface area (Å²) in [4.78, 5) is 31.5. The number of ketones is 1. The number of methoxy groups -OCH3 is 1. The molecule has 2 heterocycles. The first kappa shape index (κ1) is 24.8. The lowest BCUT2D eigenvalue weighted by molar-refractivity contribution is -0.119. The molecule has 1 aliphatic heterocycles. The number of sulfone groups is 1. The van der Waals surface area contributed by atoms with E-state index in [0.717, 1.165) is 11.1 Å². The van der Waals surface area contributed by atoms with E-state index in [0.29, 0.717) is 22.9 Å². The Hall–Kier alpha value is -3.27. The van der Waals surface area contributed by atoms with Crippen LogP contribution in [0.5, 0.6) is 5.88 Å². The number of Topliss-reactive ketones (excluding diaryl/α,β-unsaturated/α-hetero) is 1. The maximum atomic E-state index is 13.1. The van der Waals surface area contributed by atoms with Crippen molar-refractivity contribution in [2.45, 2.75) is 30.3 Å². The first-order chi connectivity index (χ1) is 16.7. The van der Waals surface area contributed by atoms with Gasteiger partial charge in [0.05, 0.1) is 36.0 Å². The number of nitrogens with two attached hydrogens (primary N) is 1. The standard InChI is InChI=1S/C25H24ClN3O5S/c1-34-24-11-5-16(13-28-24)4-9-22(30)18-6-10-23-21(12-18)29(14-17-2-7-19(26)8-3-17)25(31)20(27)15-35(23,32)33/h2-3,5-8,10-13,20H,4,9,14-15,27H2,1H3/t20-/m0/s1. The van der Waals surface area contributed by atoms with Gasteiger partial charge in [-0.15, -0.1) is 0 Å². The quantitative estimate of drug-likeness (QED) is 0.482. The third-order valence-corrected chi connectivity index (χ3v) is 7.86. The highest BCUT2D eigenvalue weighted by Gasteiger charge is 2.36. The molecule has 1 aromatic heterocycles. The van der Waals surface area contributed by atoms with Crippen molar-refractivity contribution >= 4 is 38.8 Å². The van der Waals surface area contributed by atoms with Crippen molar-refractivity contribution in [2.24, 2.45) is 5.73 Å². The number of aromatic nitrogens is 1. The van der Waals surface area contributed by atoms with Gasteiger partial charge in [-0.1, -0.05) is 29.8 Å². The monoisotopic (exact) mass is 513 g/mol. The molecule has 4 rings (SSSR count). The number of amides is 1. The van der Waals surface area contributed by atoms with Crippen LogP contribution < -0.4 is 15.4 Å². The second-order valence-electron chi connectivity index (χ2n) is 8.25. The number of aryl methyl sites for hydroxylation is 1. The summed E-state index contributed by atoms with van der Waals surface area (Å²) in [5.74, 6) is -0.742. The number of carbonyl (C=O) groups excluding carboxylic acids is 2. The molecule has 10 heteroatoms. The first-order valence-corrected chi connectivity index (χ1v) is 12.9. The van der Waals surface area contributed by atoms with Crippen LogP contribution in [0.1, 0.15) is 27.9 Å². The molecule has 2 aromatic carbocycles. The minimum absolute atomic E-state index is 0.0244. The van der Waals surface area contributed by atoms with Gasteiger partial charge in [0, 0.05) is 29.3 Å². The molecule has 0 spiro atoms. The van der Waals surface area contributed by atoms with E-state index < -0.39 is 27.5 Å². The minimum atomic E-state index is -3.84. The van der Waals surface area contributed by atoms with Crippen LogP contribution in [0, 0.1) is 0 Å². The van der Waals surface area contributed by atoms with Crippen LogP contribution in [0.2, 0.25) is 5.02 Å². The molecule has 35 heavy (non-hydrogen) atoms. The van der Waals surface area contributed by atoms with E-state index in [1.54, 1.807) is 36.5 Å². The second kappa shape index (κ2) is 10.2. The Bertz CT molecular complexity index is 1360. The molecule has 0 aliphatic carbocycles. The number of carbonyl (C=O) groups is 2. The van der Waals surface area contributed by atoms with Gasteiger partial charge in [0.25, 0.3) is 0 Å². The largest absolute Gasteiger partial charge is 0.481 e. The topological polar surface area (TPSA) is 120 Å². The fourth-order valence-electron chi connectivity index (χ4n) is 3.90. The van der Waals surface area contributed by atoms with Crippen molar-refractivity contribution in [3.8, 4) is 5.88 Å². The van der Waals surface area contributed by atoms with E-state index in [9.17, 15) is 18.0 Å². The third-order valence-electron chi connectivity index (χ3n) is 5.79. The number of pyridine rings is 1. The van der Waals surface area contributed by atoms with Gasteiger partial charge in [-0.2, -0.15) is 0 Å². The summed E-state index contributed by atoms with van der Waals surface area (Å²) in [7, 11) is -2.31. The van der Waals surface area contributed by atoms with Crippen LogP contribution in [-0.2, 0) is 27.6 Å². The number of halogens is 1. The predicted molar refractivity (Wildman–Crippen MR) is 133 cm³/mol. The SMILES string of the molecule is COc1ccc(CCC(=O)c2ccc3c(c2)N(Cc2ccc(Cl)cc2)C(=O)[C@@H](N)CS3(=O)=O)cn1. The normalized spacial score (nSPS) is 16.9. The maximum absolute atomic E-state index is 13.1. The van der Waals surface area contributed by atoms with E-state index in [1.807, 2.05) is 6.07 Å². The average molecular weight is 514 g/mol. The summed E-state index contributed by atoms with van der Waals surface area (Å²) < 4.78 is 31.0. The summed E-state index contributed by atoms with van der Waals surface area (Å²) in [6.07, 6.45) is 2.28. The van der Waals surface area contributed by atoms with Gasteiger partial charge in [0.15, 0.2) is 15.6 Å². The summed E-state index contributed by atoms with van der Waals surface area (Å²) in [6, 6.07) is 13.5. The van der Waals surface area contributed by atoms with Gasteiger partial charge < -0.3 is 15.4 Å². The number of hydrogen-bond acceptors (Lipinski definition) is 7. The van der Waals surface area contributed by atoms with Crippen LogP contribution in [0.15, 0.2) is 65.7 Å². The molecular formula is C25H24ClN3O5S. The van der Waals surface area contributed by atoms with Crippen LogP contribution >= 0.6 is 11.6 Å². The smallest absolute Gasteiger partial charge is 0.245 e. The van der Waals surface area contributed by atoms with Crippen LogP contribution in [-0.4, -0.2) is 44.0 Å². The summed E-state index contributed by atoms with van der Waals surface area (Å²) >= 11 is 5.97. The summed E-state index contributed by atoms with van der Waals surface area (Å²) in [6.45, 7) is 0.0847. The molecule has 0 fully saturated rings. The van der Waals surface area contributed by atoms with Crippen LogP contribution in [0.25, 0.3) is 0 Å². The van der Waals surface area contributed by atoms with Crippen LogP contribution in [0.4, 0.5) is 5.69 Å². The molecule has 0 unspecified atom stereocenters. The van der Waals surface area contributed by atoms with Crippen molar-refractivity contribution in [3.63, 3.8) is 0 Å². The zero-order valence-electron chi connectivity index (χ0n) is 19.0. The molecule has 0 saturated carbocycles. The van der Waals surface area contributed by atoms with Gasteiger partial charge in [0.2, 0.25) is 11.8 Å². The fraction of sp³-hybridized carbons (Fsp3) is 0.240. The number of fused-ring (bicyclic) bond motifs is 1. The lowest BCUT2D eigenvalue weighted by Crippen LogP contribution is -2.45. The van der Waals surface area contributed by atoms with E-state index in [-0.39, 0.29) is 29.3 Å². The molecule has 1 amide bonds. The first-order valence-electron chi connectivity index (χ1n) is 10.9. The maximum Gasteiger partial charge on any atom is 0.245 e. The number of anilines is 1. The van der Waals surface area contributed by atoms with Gasteiger partial charge in [-0.25, -0.2) is 13.4 Å². The molecule has 3 aromatic rings. The fourth-order valence-corrected chi connectivity index (χ4v) is 5.58. The Balaban J connectivity index is 1.65. The predicted octanol–water partition coefficient (Wildman–Crippen LogP) is 3.21. The average Bonchev–Trinajstić information content (AvgIpc) is 2.92. The lowest BCUT2D eigenvalue weighted by Gasteiger charge is -2.24. The van der Waals surface area contributed by atoms with Crippen molar-refractivity contribution in [1.29, 1.82) is 0 Å². The molecule has 0 radical (unpaired) electrons. The van der Waals surface area contributed by atoms with Crippen molar-refractivity contribution in [3.05, 3.63) is 82.5 Å². The lowest BCUT2D eigenvalue weighted by atomic mass is 10.0. The van der Waals surface area contributed by atoms with Crippen molar-refractivity contribution in [2.75, 3.05) is 17.8 Å². The van der Waals surface area contributed by atoms with E-state index >= 15 is 0 Å².